The van der Waals surface area contributed by atoms with E-state index in [1.54, 1.807) is 30.5 Å². The van der Waals surface area contributed by atoms with Gasteiger partial charge in [0.25, 0.3) is 5.91 Å². The molecule has 1 saturated carbocycles. The van der Waals surface area contributed by atoms with Crippen LogP contribution >= 0.6 is 22.9 Å². The third-order valence-corrected chi connectivity index (χ3v) is 4.91. The van der Waals surface area contributed by atoms with E-state index in [1.807, 2.05) is 23.6 Å². The van der Waals surface area contributed by atoms with E-state index in [1.165, 1.54) is 11.3 Å². The lowest BCUT2D eigenvalue weighted by atomic mass is 10.3. The second-order valence-corrected chi connectivity index (χ2v) is 7.05. The van der Waals surface area contributed by atoms with Gasteiger partial charge in [-0.3, -0.25) is 15.1 Å². The summed E-state index contributed by atoms with van der Waals surface area (Å²) in [4.78, 5) is 21.3. The monoisotopic (exact) mass is 371 g/mol. The number of hydrogen-bond donors (Lipinski definition) is 1. The fraction of sp³-hybridized carbons (Fsp3) is 0.167. The maximum absolute atomic E-state index is 12.6. The standard InChI is InChI=1S/C18H14ClN3O2S/c19-12-4-6-13(7-5-12)24-18(8-9-18)16(23)22-17-21-15(11-25-17)14-3-1-2-10-20-14/h1-7,10-11H,8-9H2,(H,21,22,23). The normalized spacial score (nSPS) is 14.8. The summed E-state index contributed by atoms with van der Waals surface area (Å²) in [6, 6.07) is 12.6. The van der Waals surface area contributed by atoms with Gasteiger partial charge in [-0.2, -0.15) is 0 Å². The van der Waals surface area contributed by atoms with Crippen LogP contribution < -0.4 is 10.1 Å². The number of carbonyl (C=O) groups is 1. The molecule has 0 atom stereocenters. The number of ether oxygens (including phenoxy) is 1. The third kappa shape index (κ3) is 3.50. The summed E-state index contributed by atoms with van der Waals surface area (Å²) in [5.41, 5.74) is 0.701. The zero-order chi connectivity index (χ0) is 17.3. The molecule has 2 heterocycles. The van der Waals surface area contributed by atoms with Gasteiger partial charge in [0.05, 0.1) is 5.69 Å². The number of nitrogens with zero attached hydrogens (tertiary/aromatic N) is 2. The second kappa shape index (κ2) is 6.46. The summed E-state index contributed by atoms with van der Waals surface area (Å²) in [6.07, 6.45) is 3.08. The Hall–Kier alpha value is -2.44. The first kappa shape index (κ1) is 16.1. The molecule has 1 aromatic carbocycles. The first-order valence-electron chi connectivity index (χ1n) is 7.78. The average Bonchev–Trinajstić information content (AvgIpc) is 3.27. The zero-order valence-electron chi connectivity index (χ0n) is 13.1. The van der Waals surface area contributed by atoms with E-state index in [0.29, 0.717) is 28.7 Å². The van der Waals surface area contributed by atoms with Crippen LogP contribution in [0.3, 0.4) is 0 Å². The summed E-state index contributed by atoms with van der Waals surface area (Å²) in [6.45, 7) is 0. The Balaban J connectivity index is 1.45. The van der Waals surface area contributed by atoms with Crippen molar-refractivity contribution in [1.29, 1.82) is 0 Å². The molecule has 0 radical (unpaired) electrons. The number of amides is 1. The van der Waals surface area contributed by atoms with Gasteiger partial charge in [0.2, 0.25) is 0 Å². The molecule has 3 aromatic rings. The van der Waals surface area contributed by atoms with Gasteiger partial charge in [0, 0.05) is 29.4 Å². The first-order chi connectivity index (χ1) is 12.1. The summed E-state index contributed by atoms with van der Waals surface area (Å²) < 4.78 is 5.89. The number of carbonyl (C=O) groups excluding carboxylic acids is 1. The molecule has 126 valence electrons. The van der Waals surface area contributed by atoms with E-state index in [4.69, 9.17) is 16.3 Å². The summed E-state index contributed by atoms with van der Waals surface area (Å²) >= 11 is 7.24. The summed E-state index contributed by atoms with van der Waals surface area (Å²) in [5, 5.41) is 5.90. The van der Waals surface area contributed by atoms with Crippen LogP contribution in [0, 0.1) is 0 Å². The van der Waals surface area contributed by atoms with Crippen LogP contribution in [0.15, 0.2) is 54.0 Å². The van der Waals surface area contributed by atoms with E-state index in [2.05, 4.69) is 15.3 Å². The van der Waals surface area contributed by atoms with Crippen molar-refractivity contribution >= 4 is 34.0 Å². The van der Waals surface area contributed by atoms with Crippen molar-refractivity contribution in [3.8, 4) is 17.1 Å². The van der Waals surface area contributed by atoms with E-state index in [0.717, 1.165) is 11.4 Å². The molecule has 1 amide bonds. The van der Waals surface area contributed by atoms with Crippen molar-refractivity contribution in [2.75, 3.05) is 5.32 Å². The van der Waals surface area contributed by atoms with Crippen molar-refractivity contribution in [2.24, 2.45) is 0 Å². The van der Waals surface area contributed by atoms with E-state index >= 15 is 0 Å². The average molecular weight is 372 g/mol. The van der Waals surface area contributed by atoms with Gasteiger partial charge < -0.3 is 4.74 Å². The number of pyridine rings is 1. The van der Waals surface area contributed by atoms with E-state index in [-0.39, 0.29) is 5.91 Å². The highest BCUT2D eigenvalue weighted by Gasteiger charge is 2.53. The molecule has 0 aliphatic heterocycles. The fourth-order valence-corrected chi connectivity index (χ4v) is 3.22. The van der Waals surface area contributed by atoms with Crippen LogP contribution in [0.1, 0.15) is 12.8 Å². The summed E-state index contributed by atoms with van der Waals surface area (Å²) in [7, 11) is 0. The second-order valence-electron chi connectivity index (χ2n) is 5.76. The maximum atomic E-state index is 12.6. The molecule has 4 rings (SSSR count). The number of aromatic nitrogens is 2. The minimum Gasteiger partial charge on any atom is -0.477 e. The van der Waals surface area contributed by atoms with Crippen molar-refractivity contribution in [3.63, 3.8) is 0 Å². The Bertz CT molecular complexity index is 892. The Morgan fingerprint density at radius 1 is 1.16 bits per heavy atom. The van der Waals surface area contributed by atoms with E-state index < -0.39 is 5.60 Å². The molecular formula is C18H14ClN3O2S. The molecule has 5 nitrogen and oxygen atoms in total. The first-order valence-corrected chi connectivity index (χ1v) is 9.03. The van der Waals surface area contributed by atoms with Gasteiger partial charge in [0.1, 0.15) is 11.4 Å². The molecule has 2 aromatic heterocycles. The highest BCUT2D eigenvalue weighted by Crippen LogP contribution is 2.41. The number of thiazole rings is 1. The van der Waals surface area contributed by atoms with Crippen molar-refractivity contribution in [3.05, 3.63) is 59.1 Å². The van der Waals surface area contributed by atoms with Gasteiger partial charge >= 0.3 is 0 Å². The smallest absolute Gasteiger partial charge is 0.270 e. The Morgan fingerprint density at radius 2 is 1.96 bits per heavy atom. The topological polar surface area (TPSA) is 64.1 Å². The molecule has 0 unspecified atom stereocenters. The van der Waals surface area contributed by atoms with Gasteiger partial charge in [-0.1, -0.05) is 17.7 Å². The molecule has 0 saturated heterocycles. The van der Waals surface area contributed by atoms with Crippen LogP contribution in [0.4, 0.5) is 5.13 Å². The van der Waals surface area contributed by atoms with Crippen LogP contribution in [-0.4, -0.2) is 21.5 Å². The van der Waals surface area contributed by atoms with Crippen molar-refractivity contribution in [2.45, 2.75) is 18.4 Å². The van der Waals surface area contributed by atoms with Crippen LogP contribution in [0.2, 0.25) is 5.02 Å². The molecule has 0 bridgehead atoms. The highest BCUT2D eigenvalue weighted by atomic mass is 35.5. The van der Waals surface area contributed by atoms with E-state index in [9.17, 15) is 4.79 Å². The Kier molecular flexibility index (Phi) is 4.15. The van der Waals surface area contributed by atoms with Crippen LogP contribution in [0.25, 0.3) is 11.4 Å². The quantitative estimate of drug-likeness (QED) is 0.721. The lowest BCUT2D eigenvalue weighted by molar-refractivity contribution is -0.124. The lowest BCUT2D eigenvalue weighted by Gasteiger charge is -2.16. The molecule has 25 heavy (non-hydrogen) atoms. The van der Waals surface area contributed by atoms with Gasteiger partial charge in [-0.05, 0) is 36.4 Å². The largest absolute Gasteiger partial charge is 0.477 e. The van der Waals surface area contributed by atoms with Gasteiger partial charge in [-0.25, -0.2) is 4.98 Å². The molecule has 0 spiro atoms. The molecular weight excluding hydrogens is 358 g/mol. The minimum absolute atomic E-state index is 0.177. The van der Waals surface area contributed by atoms with Crippen LogP contribution in [0.5, 0.6) is 5.75 Å². The SMILES string of the molecule is O=C(Nc1nc(-c2ccccn2)cs1)C1(Oc2ccc(Cl)cc2)CC1. The van der Waals surface area contributed by atoms with Crippen LogP contribution in [-0.2, 0) is 4.79 Å². The number of benzene rings is 1. The summed E-state index contributed by atoms with van der Waals surface area (Å²) in [5.74, 6) is 0.453. The molecule has 1 N–H and O–H groups in total. The fourth-order valence-electron chi connectivity index (χ4n) is 2.39. The Morgan fingerprint density at radius 3 is 2.64 bits per heavy atom. The molecule has 1 aliphatic carbocycles. The van der Waals surface area contributed by atoms with Crippen molar-refractivity contribution < 1.29 is 9.53 Å². The number of rotatable bonds is 5. The predicted molar refractivity (Wildman–Crippen MR) is 98.0 cm³/mol. The number of nitrogens with one attached hydrogen (secondary N) is 1. The zero-order valence-corrected chi connectivity index (χ0v) is 14.7. The lowest BCUT2D eigenvalue weighted by Crippen LogP contribution is -2.35. The minimum atomic E-state index is -0.815. The molecule has 1 fully saturated rings. The molecule has 1 aliphatic rings. The number of anilines is 1. The van der Waals surface area contributed by atoms with Crippen molar-refractivity contribution in [1.82, 2.24) is 9.97 Å². The predicted octanol–water partition coefficient (Wildman–Crippen LogP) is 4.41. The molecule has 7 heteroatoms. The third-order valence-electron chi connectivity index (χ3n) is 3.90. The van der Waals surface area contributed by atoms with Gasteiger partial charge in [-0.15, -0.1) is 11.3 Å². The Labute approximate surface area is 153 Å². The number of hydrogen-bond acceptors (Lipinski definition) is 5. The maximum Gasteiger partial charge on any atom is 0.270 e. The van der Waals surface area contributed by atoms with Gasteiger partial charge in [0.15, 0.2) is 10.7 Å². The highest BCUT2D eigenvalue weighted by molar-refractivity contribution is 7.14. The number of halogens is 1.